The SMILES string of the molecule is Cc1ccc(/C=C/c2ccn(CCCCC(=O)O)c(=O)c2)cc1. The van der Waals surface area contributed by atoms with Crippen LogP contribution in [-0.2, 0) is 11.3 Å². The second-order valence-electron chi connectivity index (χ2n) is 5.59. The maximum absolute atomic E-state index is 12.0. The van der Waals surface area contributed by atoms with Crippen molar-refractivity contribution in [3.8, 4) is 0 Å². The zero-order valence-corrected chi connectivity index (χ0v) is 13.2. The van der Waals surface area contributed by atoms with Crippen molar-refractivity contribution in [2.24, 2.45) is 0 Å². The van der Waals surface area contributed by atoms with E-state index in [4.69, 9.17) is 5.11 Å². The van der Waals surface area contributed by atoms with Crippen molar-refractivity contribution in [2.75, 3.05) is 0 Å². The summed E-state index contributed by atoms with van der Waals surface area (Å²) in [5.74, 6) is -0.797. The number of benzene rings is 1. The van der Waals surface area contributed by atoms with Gasteiger partial charge in [-0.3, -0.25) is 9.59 Å². The van der Waals surface area contributed by atoms with Crippen molar-refractivity contribution in [1.82, 2.24) is 4.57 Å². The van der Waals surface area contributed by atoms with E-state index in [1.165, 1.54) is 5.56 Å². The molecule has 1 aromatic carbocycles. The zero-order valence-electron chi connectivity index (χ0n) is 13.2. The molecule has 1 heterocycles. The second-order valence-corrected chi connectivity index (χ2v) is 5.59. The lowest BCUT2D eigenvalue weighted by Gasteiger charge is -2.05. The summed E-state index contributed by atoms with van der Waals surface area (Å²) in [5, 5.41) is 8.59. The van der Waals surface area contributed by atoms with E-state index < -0.39 is 5.97 Å². The van der Waals surface area contributed by atoms with E-state index in [1.54, 1.807) is 16.8 Å². The predicted octanol–water partition coefficient (Wildman–Crippen LogP) is 3.58. The van der Waals surface area contributed by atoms with Crippen LogP contribution in [0, 0.1) is 6.92 Å². The highest BCUT2D eigenvalue weighted by Crippen LogP contribution is 2.08. The molecule has 1 N–H and O–H groups in total. The molecule has 120 valence electrons. The Labute approximate surface area is 135 Å². The average Bonchev–Trinajstić information content (AvgIpc) is 2.52. The van der Waals surface area contributed by atoms with Gasteiger partial charge in [-0.25, -0.2) is 0 Å². The number of hydrogen-bond donors (Lipinski definition) is 1. The molecule has 0 fully saturated rings. The number of aryl methyl sites for hydroxylation is 2. The lowest BCUT2D eigenvalue weighted by molar-refractivity contribution is -0.137. The van der Waals surface area contributed by atoms with Crippen LogP contribution in [0.2, 0.25) is 0 Å². The Morgan fingerprint density at radius 2 is 1.78 bits per heavy atom. The Bertz CT molecular complexity index is 742. The standard InChI is InChI=1S/C19H21NO3/c1-15-5-7-16(8-6-15)9-10-17-11-13-20(18(21)14-17)12-3-2-4-19(22)23/h5-11,13-14H,2-4,12H2,1H3,(H,22,23)/b10-9+. The highest BCUT2D eigenvalue weighted by molar-refractivity contribution is 5.69. The zero-order chi connectivity index (χ0) is 16.7. The number of aromatic nitrogens is 1. The molecule has 2 rings (SSSR count). The molecular weight excluding hydrogens is 290 g/mol. The summed E-state index contributed by atoms with van der Waals surface area (Å²) >= 11 is 0. The molecule has 1 aromatic heterocycles. The topological polar surface area (TPSA) is 59.3 Å². The minimum atomic E-state index is -0.797. The van der Waals surface area contributed by atoms with E-state index in [9.17, 15) is 9.59 Å². The van der Waals surface area contributed by atoms with Crippen LogP contribution in [0.1, 0.15) is 36.0 Å². The van der Waals surface area contributed by atoms with Crippen LogP contribution in [0.3, 0.4) is 0 Å². The molecule has 2 aromatic rings. The Kier molecular flexibility index (Phi) is 5.92. The summed E-state index contributed by atoms with van der Waals surface area (Å²) in [6.45, 7) is 2.59. The summed E-state index contributed by atoms with van der Waals surface area (Å²) in [4.78, 5) is 22.5. The van der Waals surface area contributed by atoms with Gasteiger partial charge in [-0.05, 0) is 37.0 Å². The molecule has 0 aliphatic carbocycles. The van der Waals surface area contributed by atoms with E-state index in [2.05, 4.69) is 12.1 Å². The van der Waals surface area contributed by atoms with Crippen molar-refractivity contribution in [3.63, 3.8) is 0 Å². The van der Waals surface area contributed by atoms with Gasteiger partial charge in [0.15, 0.2) is 0 Å². The number of carboxylic acid groups (broad SMARTS) is 1. The monoisotopic (exact) mass is 311 g/mol. The van der Waals surface area contributed by atoms with Crippen LogP contribution >= 0.6 is 0 Å². The van der Waals surface area contributed by atoms with E-state index in [0.717, 1.165) is 11.1 Å². The van der Waals surface area contributed by atoms with Gasteiger partial charge >= 0.3 is 5.97 Å². The first-order valence-electron chi connectivity index (χ1n) is 7.71. The van der Waals surface area contributed by atoms with Gasteiger partial charge < -0.3 is 9.67 Å². The molecule has 0 aliphatic heterocycles. The van der Waals surface area contributed by atoms with Crippen molar-refractivity contribution in [3.05, 3.63) is 69.6 Å². The summed E-state index contributed by atoms with van der Waals surface area (Å²) in [6.07, 6.45) is 7.07. The maximum Gasteiger partial charge on any atom is 0.303 e. The van der Waals surface area contributed by atoms with Crippen LogP contribution in [0.15, 0.2) is 47.4 Å². The fourth-order valence-electron chi connectivity index (χ4n) is 2.24. The molecule has 0 unspecified atom stereocenters. The maximum atomic E-state index is 12.0. The molecule has 23 heavy (non-hydrogen) atoms. The number of carboxylic acids is 1. The molecule has 0 saturated heterocycles. The third kappa shape index (κ3) is 5.58. The third-order valence-electron chi connectivity index (χ3n) is 3.61. The summed E-state index contributed by atoms with van der Waals surface area (Å²) in [7, 11) is 0. The van der Waals surface area contributed by atoms with Gasteiger partial charge in [0.2, 0.25) is 0 Å². The normalized spacial score (nSPS) is 11.0. The van der Waals surface area contributed by atoms with Gasteiger partial charge in [-0.1, -0.05) is 42.0 Å². The molecule has 0 saturated carbocycles. The Morgan fingerprint density at radius 3 is 2.43 bits per heavy atom. The molecule has 0 spiro atoms. The Balaban J connectivity index is 1.97. The number of carbonyl (C=O) groups is 1. The minimum absolute atomic E-state index is 0.0635. The molecule has 0 amide bonds. The van der Waals surface area contributed by atoms with Crippen LogP contribution in [-0.4, -0.2) is 15.6 Å². The number of pyridine rings is 1. The molecule has 0 bridgehead atoms. The molecule has 4 nitrogen and oxygen atoms in total. The number of nitrogens with zero attached hydrogens (tertiary/aromatic N) is 1. The largest absolute Gasteiger partial charge is 0.481 e. The number of unbranched alkanes of at least 4 members (excludes halogenated alkanes) is 1. The van der Waals surface area contributed by atoms with E-state index in [1.807, 2.05) is 37.3 Å². The second kappa shape index (κ2) is 8.13. The first-order chi connectivity index (χ1) is 11.0. The summed E-state index contributed by atoms with van der Waals surface area (Å²) in [5.41, 5.74) is 3.10. The lowest BCUT2D eigenvalue weighted by Crippen LogP contribution is -2.18. The smallest absolute Gasteiger partial charge is 0.303 e. The van der Waals surface area contributed by atoms with Crippen molar-refractivity contribution >= 4 is 18.1 Å². The minimum Gasteiger partial charge on any atom is -0.481 e. The lowest BCUT2D eigenvalue weighted by atomic mass is 10.1. The summed E-state index contributed by atoms with van der Waals surface area (Å²) < 4.78 is 1.62. The predicted molar refractivity (Wildman–Crippen MR) is 92.3 cm³/mol. The Hall–Kier alpha value is -2.62. The van der Waals surface area contributed by atoms with Gasteiger partial charge in [0.25, 0.3) is 5.56 Å². The summed E-state index contributed by atoms with van der Waals surface area (Å²) in [6, 6.07) is 11.7. The van der Waals surface area contributed by atoms with Crippen LogP contribution < -0.4 is 5.56 Å². The molecule has 4 heteroatoms. The highest BCUT2D eigenvalue weighted by atomic mass is 16.4. The molecule has 0 radical (unpaired) electrons. The fraction of sp³-hybridized carbons (Fsp3) is 0.263. The van der Waals surface area contributed by atoms with Gasteiger partial charge in [0.05, 0.1) is 0 Å². The molecule has 0 atom stereocenters. The van der Waals surface area contributed by atoms with Crippen molar-refractivity contribution in [2.45, 2.75) is 32.7 Å². The fourth-order valence-corrected chi connectivity index (χ4v) is 2.24. The number of rotatable bonds is 7. The van der Waals surface area contributed by atoms with Crippen LogP contribution in [0.4, 0.5) is 0 Å². The van der Waals surface area contributed by atoms with Gasteiger partial charge in [0, 0.05) is 25.2 Å². The first-order valence-corrected chi connectivity index (χ1v) is 7.71. The number of hydrogen-bond acceptors (Lipinski definition) is 2. The van der Waals surface area contributed by atoms with Gasteiger partial charge in [-0.2, -0.15) is 0 Å². The molecular formula is C19H21NO3. The third-order valence-corrected chi connectivity index (χ3v) is 3.61. The van der Waals surface area contributed by atoms with Crippen molar-refractivity contribution in [1.29, 1.82) is 0 Å². The van der Waals surface area contributed by atoms with Crippen LogP contribution in [0.25, 0.3) is 12.2 Å². The average molecular weight is 311 g/mol. The van der Waals surface area contributed by atoms with E-state index in [-0.39, 0.29) is 12.0 Å². The Morgan fingerprint density at radius 1 is 1.09 bits per heavy atom. The van der Waals surface area contributed by atoms with Gasteiger partial charge in [-0.15, -0.1) is 0 Å². The quantitative estimate of drug-likeness (QED) is 0.795. The highest BCUT2D eigenvalue weighted by Gasteiger charge is 1.99. The van der Waals surface area contributed by atoms with E-state index >= 15 is 0 Å². The van der Waals surface area contributed by atoms with Gasteiger partial charge in [0.1, 0.15) is 0 Å². The molecule has 0 aliphatic rings. The van der Waals surface area contributed by atoms with Crippen LogP contribution in [0.5, 0.6) is 0 Å². The number of aliphatic carboxylic acids is 1. The first kappa shape index (κ1) is 16.7. The van der Waals surface area contributed by atoms with Crippen molar-refractivity contribution < 1.29 is 9.90 Å². The van der Waals surface area contributed by atoms with E-state index in [0.29, 0.717) is 19.4 Å².